The van der Waals surface area contributed by atoms with Crippen molar-refractivity contribution in [2.75, 3.05) is 19.1 Å². The van der Waals surface area contributed by atoms with Crippen molar-refractivity contribution in [2.45, 2.75) is 32.6 Å². The van der Waals surface area contributed by atoms with Crippen molar-refractivity contribution >= 4 is 22.4 Å². The van der Waals surface area contributed by atoms with E-state index < -0.39 is 0 Å². The van der Waals surface area contributed by atoms with Crippen LogP contribution in [0.15, 0.2) is 36.4 Å². The van der Waals surface area contributed by atoms with Crippen molar-refractivity contribution in [3.63, 3.8) is 0 Å². The minimum atomic E-state index is 0.631. The van der Waals surface area contributed by atoms with Gasteiger partial charge in [0.25, 0.3) is 0 Å². The van der Waals surface area contributed by atoms with Crippen LogP contribution in [0.25, 0.3) is 10.8 Å². The van der Waals surface area contributed by atoms with E-state index in [4.69, 9.17) is 21.1 Å². The number of fused-ring (bicyclic) bond motifs is 1. The molecule has 2 aromatic carbocycles. The Balaban J connectivity index is 1.98. The zero-order chi connectivity index (χ0) is 14.9. The fourth-order valence-electron chi connectivity index (χ4n) is 2.17. The lowest BCUT2D eigenvalue weighted by Crippen LogP contribution is -1.98. The Kier molecular flexibility index (Phi) is 6.68. The van der Waals surface area contributed by atoms with Crippen LogP contribution in [0.5, 0.6) is 11.5 Å². The topological polar surface area (TPSA) is 18.5 Å². The second-order valence-electron chi connectivity index (χ2n) is 5.12. The average Bonchev–Trinajstić information content (AvgIpc) is 2.52. The molecule has 2 rings (SSSR count). The van der Waals surface area contributed by atoms with Gasteiger partial charge in [-0.2, -0.15) is 0 Å². The molecule has 21 heavy (non-hydrogen) atoms. The van der Waals surface area contributed by atoms with Gasteiger partial charge in [-0.25, -0.2) is 0 Å². The van der Waals surface area contributed by atoms with Crippen molar-refractivity contribution in [3.05, 3.63) is 36.4 Å². The first-order valence-corrected chi connectivity index (χ1v) is 8.22. The standard InChI is InChI=1S/C18H23ClO2/c1-2-3-4-11-20-17-8-6-16-14-18(21-12-5-10-19)9-7-15(16)13-17/h6-9,13-14H,2-5,10-12H2,1H3. The van der Waals surface area contributed by atoms with Crippen LogP contribution in [0, 0.1) is 0 Å². The first-order chi connectivity index (χ1) is 10.3. The summed E-state index contributed by atoms with van der Waals surface area (Å²) in [5.41, 5.74) is 0. The molecule has 3 heteroatoms. The van der Waals surface area contributed by atoms with Crippen LogP contribution in [0.2, 0.25) is 0 Å². The van der Waals surface area contributed by atoms with Crippen LogP contribution in [0.4, 0.5) is 0 Å². The summed E-state index contributed by atoms with van der Waals surface area (Å²) >= 11 is 5.65. The molecule has 0 aliphatic carbocycles. The molecule has 0 bridgehead atoms. The van der Waals surface area contributed by atoms with Gasteiger partial charge in [-0.05, 0) is 47.9 Å². The lowest BCUT2D eigenvalue weighted by atomic mass is 10.1. The van der Waals surface area contributed by atoms with E-state index in [1.807, 2.05) is 12.1 Å². The molecular formula is C18H23ClO2. The molecular weight excluding hydrogens is 284 g/mol. The zero-order valence-electron chi connectivity index (χ0n) is 12.6. The molecule has 0 amide bonds. The minimum Gasteiger partial charge on any atom is -0.494 e. The quantitative estimate of drug-likeness (QED) is 0.455. The van der Waals surface area contributed by atoms with Crippen LogP contribution in [0.3, 0.4) is 0 Å². The summed E-state index contributed by atoms with van der Waals surface area (Å²) in [5, 5.41) is 2.34. The minimum absolute atomic E-state index is 0.631. The van der Waals surface area contributed by atoms with E-state index in [1.165, 1.54) is 23.6 Å². The van der Waals surface area contributed by atoms with E-state index in [1.54, 1.807) is 0 Å². The molecule has 0 N–H and O–H groups in total. The number of hydrogen-bond acceptors (Lipinski definition) is 2. The molecule has 114 valence electrons. The normalized spacial score (nSPS) is 10.8. The van der Waals surface area contributed by atoms with Crippen LogP contribution < -0.4 is 9.47 Å². The maximum absolute atomic E-state index is 5.78. The zero-order valence-corrected chi connectivity index (χ0v) is 13.4. The highest BCUT2D eigenvalue weighted by atomic mass is 35.5. The predicted octanol–water partition coefficient (Wildman–Crippen LogP) is 5.42. The van der Waals surface area contributed by atoms with E-state index in [2.05, 4.69) is 31.2 Å². The Morgan fingerprint density at radius 3 is 1.90 bits per heavy atom. The first-order valence-electron chi connectivity index (χ1n) is 7.69. The van der Waals surface area contributed by atoms with Crippen molar-refractivity contribution in [2.24, 2.45) is 0 Å². The molecule has 2 aromatic rings. The van der Waals surface area contributed by atoms with Gasteiger partial charge < -0.3 is 9.47 Å². The maximum atomic E-state index is 5.78. The highest BCUT2D eigenvalue weighted by molar-refractivity contribution is 6.17. The smallest absolute Gasteiger partial charge is 0.119 e. The van der Waals surface area contributed by atoms with Gasteiger partial charge in [0.2, 0.25) is 0 Å². The number of ether oxygens (including phenoxy) is 2. The van der Waals surface area contributed by atoms with Gasteiger partial charge in [0.15, 0.2) is 0 Å². The molecule has 0 aliphatic rings. The van der Waals surface area contributed by atoms with Crippen LogP contribution >= 0.6 is 11.6 Å². The number of alkyl halides is 1. The van der Waals surface area contributed by atoms with E-state index in [9.17, 15) is 0 Å². The summed E-state index contributed by atoms with van der Waals surface area (Å²) in [6, 6.07) is 12.3. The lowest BCUT2D eigenvalue weighted by Gasteiger charge is -2.09. The van der Waals surface area contributed by atoms with Crippen LogP contribution in [-0.2, 0) is 0 Å². The monoisotopic (exact) mass is 306 g/mol. The van der Waals surface area contributed by atoms with E-state index in [-0.39, 0.29) is 0 Å². The largest absolute Gasteiger partial charge is 0.494 e. The molecule has 0 aliphatic heterocycles. The Hall–Kier alpha value is -1.41. The van der Waals surface area contributed by atoms with Gasteiger partial charge in [0.1, 0.15) is 11.5 Å². The van der Waals surface area contributed by atoms with Crippen molar-refractivity contribution in [1.82, 2.24) is 0 Å². The number of benzene rings is 2. The Morgan fingerprint density at radius 1 is 0.810 bits per heavy atom. The second kappa shape index (κ2) is 8.78. The maximum Gasteiger partial charge on any atom is 0.119 e. The molecule has 0 fully saturated rings. The first kappa shape index (κ1) is 16.0. The number of rotatable bonds is 9. The van der Waals surface area contributed by atoms with E-state index in [0.717, 1.165) is 30.9 Å². The summed E-state index contributed by atoms with van der Waals surface area (Å²) < 4.78 is 11.4. The van der Waals surface area contributed by atoms with Gasteiger partial charge in [-0.15, -0.1) is 11.6 Å². The number of hydrogen-bond donors (Lipinski definition) is 0. The Morgan fingerprint density at radius 2 is 1.38 bits per heavy atom. The van der Waals surface area contributed by atoms with Gasteiger partial charge in [-0.1, -0.05) is 31.9 Å². The van der Waals surface area contributed by atoms with Gasteiger partial charge in [0, 0.05) is 5.88 Å². The summed E-state index contributed by atoms with van der Waals surface area (Å²) in [4.78, 5) is 0. The van der Waals surface area contributed by atoms with Crippen molar-refractivity contribution in [3.8, 4) is 11.5 Å². The highest BCUT2D eigenvalue weighted by Gasteiger charge is 2.00. The Labute approximate surface area is 132 Å². The Bertz CT molecular complexity index is 554. The SMILES string of the molecule is CCCCCOc1ccc2cc(OCCCCl)ccc2c1. The fourth-order valence-corrected chi connectivity index (χ4v) is 2.28. The molecule has 0 saturated carbocycles. The fraction of sp³-hybridized carbons (Fsp3) is 0.444. The summed E-state index contributed by atoms with van der Waals surface area (Å²) in [6.07, 6.45) is 4.41. The molecule has 0 radical (unpaired) electrons. The number of halogens is 1. The molecule has 0 spiro atoms. The molecule has 2 nitrogen and oxygen atoms in total. The summed E-state index contributed by atoms with van der Waals surface area (Å²) in [5.74, 6) is 2.46. The third-order valence-electron chi connectivity index (χ3n) is 3.35. The van der Waals surface area contributed by atoms with Crippen LogP contribution in [0.1, 0.15) is 32.6 Å². The second-order valence-corrected chi connectivity index (χ2v) is 5.50. The molecule has 0 heterocycles. The molecule has 0 unspecified atom stereocenters. The third-order valence-corrected chi connectivity index (χ3v) is 3.61. The summed E-state index contributed by atoms with van der Waals surface area (Å²) in [6.45, 7) is 3.65. The van der Waals surface area contributed by atoms with Crippen LogP contribution in [-0.4, -0.2) is 19.1 Å². The van der Waals surface area contributed by atoms with Crippen molar-refractivity contribution < 1.29 is 9.47 Å². The molecule has 0 atom stereocenters. The molecule has 0 saturated heterocycles. The van der Waals surface area contributed by atoms with Gasteiger partial charge >= 0.3 is 0 Å². The predicted molar refractivity (Wildman–Crippen MR) is 89.8 cm³/mol. The molecule has 0 aromatic heterocycles. The number of unbranched alkanes of at least 4 members (excludes halogenated alkanes) is 2. The van der Waals surface area contributed by atoms with Gasteiger partial charge in [0.05, 0.1) is 13.2 Å². The van der Waals surface area contributed by atoms with Gasteiger partial charge in [-0.3, -0.25) is 0 Å². The summed E-state index contributed by atoms with van der Waals surface area (Å²) in [7, 11) is 0. The average molecular weight is 307 g/mol. The van der Waals surface area contributed by atoms with Crippen molar-refractivity contribution in [1.29, 1.82) is 0 Å². The lowest BCUT2D eigenvalue weighted by molar-refractivity contribution is 0.306. The van der Waals surface area contributed by atoms with E-state index >= 15 is 0 Å². The third kappa shape index (κ3) is 5.13. The highest BCUT2D eigenvalue weighted by Crippen LogP contribution is 2.25. The van der Waals surface area contributed by atoms with E-state index in [0.29, 0.717) is 12.5 Å².